The standard InChI is InChI=1S/C6H12N4/c7-6(9-10-8)5-3-1-2-4-5/h5-6H,1-4,7H2. The maximum atomic E-state index is 8.08. The monoisotopic (exact) mass is 140 g/mol. The lowest BCUT2D eigenvalue weighted by molar-refractivity contribution is 0.441. The van der Waals surface area contributed by atoms with Crippen molar-refractivity contribution in [3.8, 4) is 0 Å². The molecule has 0 spiro atoms. The Morgan fingerprint density at radius 1 is 1.50 bits per heavy atom. The molecule has 1 aliphatic rings. The van der Waals surface area contributed by atoms with Gasteiger partial charge in [-0.25, -0.2) is 0 Å². The predicted molar refractivity (Wildman–Crippen MR) is 39.1 cm³/mol. The van der Waals surface area contributed by atoms with Crippen LogP contribution >= 0.6 is 0 Å². The van der Waals surface area contributed by atoms with E-state index in [1.807, 2.05) is 0 Å². The highest BCUT2D eigenvalue weighted by atomic mass is 15.2. The Hall–Kier alpha value is -0.730. The molecule has 1 atom stereocenters. The number of azide groups is 1. The van der Waals surface area contributed by atoms with Crippen LogP contribution in [0.4, 0.5) is 0 Å². The van der Waals surface area contributed by atoms with Gasteiger partial charge >= 0.3 is 0 Å². The Morgan fingerprint density at radius 2 is 2.10 bits per heavy atom. The third-order valence-corrected chi connectivity index (χ3v) is 2.07. The molecule has 1 aliphatic carbocycles. The molecule has 2 N–H and O–H groups in total. The van der Waals surface area contributed by atoms with E-state index in [9.17, 15) is 0 Å². The molecule has 0 aliphatic heterocycles. The summed E-state index contributed by atoms with van der Waals surface area (Å²) >= 11 is 0. The maximum Gasteiger partial charge on any atom is 0.0864 e. The molecule has 1 unspecified atom stereocenters. The normalized spacial score (nSPS) is 22.1. The van der Waals surface area contributed by atoms with Crippen LogP contribution < -0.4 is 5.73 Å². The first-order chi connectivity index (χ1) is 4.84. The summed E-state index contributed by atoms with van der Waals surface area (Å²) in [7, 11) is 0. The quantitative estimate of drug-likeness (QED) is 0.354. The van der Waals surface area contributed by atoms with Gasteiger partial charge < -0.3 is 5.73 Å². The fourth-order valence-corrected chi connectivity index (χ4v) is 1.45. The zero-order chi connectivity index (χ0) is 7.40. The third-order valence-electron chi connectivity index (χ3n) is 2.07. The SMILES string of the molecule is [N-]=[N+]=NC(N)C1CCCC1. The van der Waals surface area contributed by atoms with Gasteiger partial charge in [0.2, 0.25) is 0 Å². The topological polar surface area (TPSA) is 74.8 Å². The van der Waals surface area contributed by atoms with Crippen molar-refractivity contribution in [2.45, 2.75) is 31.8 Å². The smallest absolute Gasteiger partial charge is 0.0864 e. The van der Waals surface area contributed by atoms with E-state index in [4.69, 9.17) is 11.3 Å². The molecular weight excluding hydrogens is 128 g/mol. The average Bonchev–Trinajstić information content (AvgIpc) is 2.38. The van der Waals surface area contributed by atoms with Crippen LogP contribution in [0.25, 0.3) is 10.4 Å². The van der Waals surface area contributed by atoms with Gasteiger partial charge in [-0.3, -0.25) is 0 Å². The first-order valence-corrected chi connectivity index (χ1v) is 3.64. The van der Waals surface area contributed by atoms with E-state index < -0.39 is 0 Å². The van der Waals surface area contributed by atoms with Gasteiger partial charge in [-0.05, 0) is 24.3 Å². The van der Waals surface area contributed by atoms with Crippen molar-refractivity contribution >= 4 is 0 Å². The van der Waals surface area contributed by atoms with Crippen molar-refractivity contribution < 1.29 is 0 Å². The molecule has 0 aromatic carbocycles. The van der Waals surface area contributed by atoms with Gasteiger partial charge in [0, 0.05) is 4.91 Å². The van der Waals surface area contributed by atoms with Gasteiger partial charge in [-0.2, -0.15) is 0 Å². The minimum Gasteiger partial charge on any atom is -0.323 e. The van der Waals surface area contributed by atoms with Crippen LogP contribution in [0.5, 0.6) is 0 Å². The van der Waals surface area contributed by atoms with Gasteiger partial charge in [0.15, 0.2) is 0 Å². The summed E-state index contributed by atoms with van der Waals surface area (Å²) in [6.45, 7) is 0. The van der Waals surface area contributed by atoms with E-state index in [0.717, 1.165) is 12.8 Å². The molecule has 0 saturated heterocycles. The molecule has 56 valence electrons. The van der Waals surface area contributed by atoms with E-state index in [1.165, 1.54) is 12.8 Å². The van der Waals surface area contributed by atoms with Crippen molar-refractivity contribution in [2.24, 2.45) is 16.8 Å². The number of hydrogen-bond acceptors (Lipinski definition) is 2. The molecule has 0 aromatic heterocycles. The van der Waals surface area contributed by atoms with Crippen molar-refractivity contribution in [1.82, 2.24) is 0 Å². The zero-order valence-corrected chi connectivity index (χ0v) is 5.90. The van der Waals surface area contributed by atoms with Crippen LogP contribution in [0.15, 0.2) is 5.11 Å². The van der Waals surface area contributed by atoms with E-state index in [-0.39, 0.29) is 6.17 Å². The predicted octanol–water partition coefficient (Wildman–Crippen LogP) is 1.77. The summed E-state index contributed by atoms with van der Waals surface area (Å²) in [6, 6.07) is 0. The molecule has 1 saturated carbocycles. The first-order valence-electron chi connectivity index (χ1n) is 3.64. The highest BCUT2D eigenvalue weighted by Crippen LogP contribution is 2.27. The Balaban J connectivity index is 2.39. The number of nitrogens with two attached hydrogens (primary N) is 1. The lowest BCUT2D eigenvalue weighted by Gasteiger charge is -2.11. The summed E-state index contributed by atoms with van der Waals surface area (Å²) in [5.74, 6) is 0.441. The summed E-state index contributed by atoms with van der Waals surface area (Å²) in [6.07, 6.45) is 4.44. The summed E-state index contributed by atoms with van der Waals surface area (Å²) in [5, 5.41) is 3.46. The zero-order valence-electron chi connectivity index (χ0n) is 5.90. The van der Waals surface area contributed by atoms with Crippen LogP contribution in [0.2, 0.25) is 0 Å². The number of rotatable bonds is 2. The molecular formula is C6H12N4. The summed E-state index contributed by atoms with van der Waals surface area (Å²) in [5.41, 5.74) is 13.6. The Bertz CT molecular complexity index is 144. The van der Waals surface area contributed by atoms with Gasteiger partial charge in [-0.1, -0.05) is 18.0 Å². The highest BCUT2D eigenvalue weighted by molar-refractivity contribution is 4.76. The number of nitrogens with zero attached hydrogens (tertiary/aromatic N) is 3. The molecule has 0 bridgehead atoms. The maximum absolute atomic E-state index is 8.08. The molecule has 4 heteroatoms. The highest BCUT2D eigenvalue weighted by Gasteiger charge is 2.20. The minimum atomic E-state index is -0.285. The van der Waals surface area contributed by atoms with E-state index in [0.29, 0.717) is 5.92 Å². The van der Waals surface area contributed by atoms with Crippen LogP contribution in [0, 0.1) is 5.92 Å². The number of hydrogen-bond donors (Lipinski definition) is 1. The largest absolute Gasteiger partial charge is 0.323 e. The fraction of sp³-hybridized carbons (Fsp3) is 1.00. The van der Waals surface area contributed by atoms with Crippen LogP contribution in [-0.4, -0.2) is 6.17 Å². The van der Waals surface area contributed by atoms with Gasteiger partial charge in [0.25, 0.3) is 0 Å². The van der Waals surface area contributed by atoms with E-state index in [2.05, 4.69) is 10.0 Å². The Labute approximate surface area is 60.0 Å². The molecule has 10 heavy (non-hydrogen) atoms. The van der Waals surface area contributed by atoms with Gasteiger partial charge in [0.05, 0.1) is 6.17 Å². The van der Waals surface area contributed by atoms with Crippen LogP contribution in [0.1, 0.15) is 25.7 Å². The molecule has 1 rings (SSSR count). The Kier molecular flexibility index (Phi) is 2.54. The van der Waals surface area contributed by atoms with Crippen molar-refractivity contribution in [2.75, 3.05) is 0 Å². The van der Waals surface area contributed by atoms with E-state index >= 15 is 0 Å². The minimum absolute atomic E-state index is 0.285. The molecule has 0 heterocycles. The van der Waals surface area contributed by atoms with Crippen LogP contribution in [0.3, 0.4) is 0 Å². The lowest BCUT2D eigenvalue weighted by atomic mass is 10.1. The second kappa shape index (κ2) is 3.44. The Morgan fingerprint density at radius 3 is 2.60 bits per heavy atom. The van der Waals surface area contributed by atoms with Crippen molar-refractivity contribution in [1.29, 1.82) is 0 Å². The molecule has 0 radical (unpaired) electrons. The fourth-order valence-electron chi connectivity index (χ4n) is 1.45. The van der Waals surface area contributed by atoms with Crippen LogP contribution in [-0.2, 0) is 0 Å². The lowest BCUT2D eigenvalue weighted by Crippen LogP contribution is -2.24. The van der Waals surface area contributed by atoms with Gasteiger partial charge in [0.1, 0.15) is 0 Å². The second-order valence-electron chi connectivity index (χ2n) is 2.74. The van der Waals surface area contributed by atoms with Crippen molar-refractivity contribution in [3.63, 3.8) is 0 Å². The molecule has 4 nitrogen and oxygen atoms in total. The molecule has 0 aromatic rings. The summed E-state index contributed by atoms with van der Waals surface area (Å²) in [4.78, 5) is 2.68. The van der Waals surface area contributed by atoms with Gasteiger partial charge in [-0.15, -0.1) is 0 Å². The second-order valence-corrected chi connectivity index (χ2v) is 2.74. The van der Waals surface area contributed by atoms with E-state index in [1.54, 1.807) is 0 Å². The molecule has 1 fully saturated rings. The molecule has 0 amide bonds. The first kappa shape index (κ1) is 7.38. The third kappa shape index (κ3) is 1.62. The average molecular weight is 140 g/mol. The summed E-state index contributed by atoms with van der Waals surface area (Å²) < 4.78 is 0. The van der Waals surface area contributed by atoms with Crippen molar-refractivity contribution in [3.05, 3.63) is 10.4 Å².